The topological polar surface area (TPSA) is 34.6 Å². The Morgan fingerprint density at radius 2 is 2.00 bits per heavy atom. The highest BCUT2D eigenvalue weighted by Crippen LogP contribution is 2.32. The molecule has 0 fully saturated rings. The lowest BCUT2D eigenvalue weighted by Gasteiger charge is -2.25. The molecule has 6 heteroatoms. The molecule has 0 atom stereocenters. The number of aromatic nitrogens is 1. The van der Waals surface area contributed by atoms with Crippen molar-refractivity contribution in [2.24, 2.45) is 0 Å². The molecule has 0 unspecified atom stereocenters. The lowest BCUT2D eigenvalue weighted by atomic mass is 9.83. The summed E-state index contributed by atoms with van der Waals surface area (Å²) in [5.41, 5.74) is 1.49. The largest absolute Gasteiger partial charge is 0.456 e. The zero-order chi connectivity index (χ0) is 15.5. The van der Waals surface area contributed by atoms with Gasteiger partial charge in [0.25, 0.3) is 0 Å². The second-order valence-electron chi connectivity index (χ2n) is 6.71. The molecular weight excluding hydrogens is 283 g/mol. The molecule has 1 aromatic heterocycles. The first-order chi connectivity index (χ1) is 9.94. The van der Waals surface area contributed by atoms with E-state index in [1.165, 1.54) is 15.6 Å². The van der Waals surface area contributed by atoms with Crippen LogP contribution in [0.4, 0.5) is 0 Å². The SMILES string of the molecule is COB(CCCN1CCc2nc(C(C)(C)C)sc2C1)OC. The monoisotopic (exact) mass is 310 g/mol. The Morgan fingerprint density at radius 1 is 1.29 bits per heavy atom. The first-order valence-electron chi connectivity index (χ1n) is 7.71. The van der Waals surface area contributed by atoms with E-state index in [-0.39, 0.29) is 12.5 Å². The molecule has 21 heavy (non-hydrogen) atoms. The number of rotatable bonds is 6. The highest BCUT2D eigenvalue weighted by Gasteiger charge is 2.25. The van der Waals surface area contributed by atoms with Crippen molar-refractivity contribution in [3.05, 3.63) is 15.6 Å². The Kier molecular flexibility index (Phi) is 5.83. The summed E-state index contributed by atoms with van der Waals surface area (Å²) >= 11 is 1.89. The third-order valence-corrected chi connectivity index (χ3v) is 5.40. The molecule has 0 N–H and O–H groups in total. The van der Waals surface area contributed by atoms with E-state index in [1.54, 1.807) is 14.2 Å². The van der Waals surface area contributed by atoms with Gasteiger partial charge in [0.05, 0.1) is 10.7 Å². The highest BCUT2D eigenvalue weighted by atomic mass is 32.1. The third-order valence-electron chi connectivity index (χ3n) is 3.89. The third kappa shape index (κ3) is 4.52. The van der Waals surface area contributed by atoms with E-state index in [1.807, 2.05) is 11.3 Å². The first-order valence-corrected chi connectivity index (χ1v) is 8.52. The van der Waals surface area contributed by atoms with Gasteiger partial charge in [0, 0.05) is 44.0 Å². The predicted molar refractivity (Wildman–Crippen MR) is 89.0 cm³/mol. The van der Waals surface area contributed by atoms with Crippen molar-refractivity contribution in [3.63, 3.8) is 0 Å². The molecule has 4 nitrogen and oxygen atoms in total. The minimum atomic E-state index is -0.0683. The molecule has 0 aliphatic carbocycles. The van der Waals surface area contributed by atoms with Gasteiger partial charge in [-0.1, -0.05) is 20.8 Å². The average Bonchev–Trinajstić information content (AvgIpc) is 2.87. The molecule has 0 aromatic carbocycles. The molecule has 1 aliphatic heterocycles. The quantitative estimate of drug-likeness (QED) is 0.757. The minimum Gasteiger partial charge on any atom is -0.414 e. The van der Waals surface area contributed by atoms with Crippen molar-refractivity contribution in [3.8, 4) is 0 Å². The molecule has 1 aromatic rings. The summed E-state index contributed by atoms with van der Waals surface area (Å²) in [5.74, 6) is 0. The first kappa shape index (κ1) is 16.9. The zero-order valence-corrected chi connectivity index (χ0v) is 14.8. The lowest BCUT2D eigenvalue weighted by molar-refractivity contribution is 0.245. The van der Waals surface area contributed by atoms with Crippen LogP contribution in [-0.4, -0.2) is 44.3 Å². The fraction of sp³-hybridized carbons (Fsp3) is 0.800. The Bertz CT molecular complexity index is 455. The second kappa shape index (κ2) is 7.22. The van der Waals surface area contributed by atoms with E-state index in [0.29, 0.717) is 0 Å². The van der Waals surface area contributed by atoms with Gasteiger partial charge in [-0.3, -0.25) is 4.90 Å². The van der Waals surface area contributed by atoms with E-state index in [0.717, 1.165) is 38.8 Å². The van der Waals surface area contributed by atoms with Crippen molar-refractivity contribution in [1.29, 1.82) is 0 Å². The van der Waals surface area contributed by atoms with Crippen LogP contribution in [0.1, 0.15) is 42.8 Å². The molecular formula is C15H27BN2O2S. The van der Waals surface area contributed by atoms with Crippen molar-refractivity contribution >= 4 is 18.5 Å². The fourth-order valence-corrected chi connectivity index (χ4v) is 3.78. The van der Waals surface area contributed by atoms with Crippen LogP contribution in [0.5, 0.6) is 0 Å². The normalized spacial score (nSPS) is 16.0. The van der Waals surface area contributed by atoms with E-state index < -0.39 is 0 Å². The molecule has 0 amide bonds. The van der Waals surface area contributed by atoms with Gasteiger partial charge in [0.2, 0.25) is 0 Å². The van der Waals surface area contributed by atoms with Crippen LogP contribution >= 0.6 is 11.3 Å². The standard InChI is InChI=1S/C15H27BN2O2S/c1-15(2,3)14-17-12-7-10-18(11-13(12)21-14)9-6-8-16(19-4)20-5/h6-11H2,1-5H3. The molecule has 0 saturated heterocycles. The molecule has 0 bridgehead atoms. The molecule has 2 rings (SSSR count). The van der Waals surface area contributed by atoms with Gasteiger partial charge < -0.3 is 9.31 Å². The van der Waals surface area contributed by atoms with Gasteiger partial charge in [0.15, 0.2) is 0 Å². The van der Waals surface area contributed by atoms with Crippen LogP contribution in [0.25, 0.3) is 0 Å². The maximum absolute atomic E-state index is 5.24. The fourth-order valence-electron chi connectivity index (χ4n) is 2.57. The Hall–Kier alpha value is -0.425. The summed E-state index contributed by atoms with van der Waals surface area (Å²) in [6.07, 6.45) is 3.14. The van der Waals surface area contributed by atoms with Gasteiger partial charge in [-0.15, -0.1) is 11.3 Å². The summed E-state index contributed by atoms with van der Waals surface area (Å²) in [7, 11) is 3.33. The summed E-state index contributed by atoms with van der Waals surface area (Å²) in [5, 5.41) is 1.27. The van der Waals surface area contributed by atoms with Crippen LogP contribution < -0.4 is 0 Å². The minimum absolute atomic E-state index is 0.0683. The predicted octanol–water partition coefficient (Wildman–Crippen LogP) is 2.97. The number of nitrogens with zero attached hydrogens (tertiary/aromatic N) is 2. The molecule has 2 heterocycles. The average molecular weight is 310 g/mol. The maximum Gasteiger partial charge on any atom is 0.456 e. The number of fused-ring (bicyclic) bond motifs is 1. The van der Waals surface area contributed by atoms with Gasteiger partial charge in [-0.25, -0.2) is 4.98 Å². The smallest absolute Gasteiger partial charge is 0.414 e. The molecule has 118 valence electrons. The summed E-state index contributed by atoms with van der Waals surface area (Å²) in [4.78, 5) is 8.83. The van der Waals surface area contributed by atoms with E-state index in [9.17, 15) is 0 Å². The van der Waals surface area contributed by atoms with Gasteiger partial charge in [-0.05, 0) is 19.3 Å². The summed E-state index contributed by atoms with van der Waals surface area (Å²) in [6, 6.07) is 0. The molecule has 0 radical (unpaired) electrons. The zero-order valence-electron chi connectivity index (χ0n) is 13.9. The van der Waals surface area contributed by atoms with E-state index in [4.69, 9.17) is 14.3 Å². The van der Waals surface area contributed by atoms with Crippen molar-refractivity contribution in [2.75, 3.05) is 27.3 Å². The maximum atomic E-state index is 5.24. The molecule has 0 saturated carbocycles. The van der Waals surface area contributed by atoms with E-state index >= 15 is 0 Å². The van der Waals surface area contributed by atoms with Crippen molar-refractivity contribution in [1.82, 2.24) is 9.88 Å². The Morgan fingerprint density at radius 3 is 2.62 bits per heavy atom. The Balaban J connectivity index is 1.86. The molecule has 0 spiro atoms. The van der Waals surface area contributed by atoms with Gasteiger partial charge >= 0.3 is 7.12 Å². The molecule has 1 aliphatic rings. The number of thiazole rings is 1. The lowest BCUT2D eigenvalue weighted by Crippen LogP contribution is -2.31. The van der Waals surface area contributed by atoms with Gasteiger partial charge in [-0.2, -0.15) is 0 Å². The highest BCUT2D eigenvalue weighted by molar-refractivity contribution is 7.11. The van der Waals surface area contributed by atoms with Crippen molar-refractivity contribution in [2.45, 2.75) is 51.9 Å². The Labute approximate surface area is 133 Å². The van der Waals surface area contributed by atoms with Crippen LogP contribution in [-0.2, 0) is 27.7 Å². The number of hydrogen-bond donors (Lipinski definition) is 0. The second-order valence-corrected chi connectivity index (χ2v) is 7.79. The number of hydrogen-bond acceptors (Lipinski definition) is 5. The van der Waals surface area contributed by atoms with Crippen LogP contribution in [0.2, 0.25) is 6.32 Å². The van der Waals surface area contributed by atoms with Crippen molar-refractivity contribution < 1.29 is 9.31 Å². The van der Waals surface area contributed by atoms with Crippen LogP contribution in [0.3, 0.4) is 0 Å². The summed E-state index contributed by atoms with van der Waals surface area (Å²) < 4.78 is 10.5. The summed E-state index contributed by atoms with van der Waals surface area (Å²) in [6.45, 7) is 9.99. The van der Waals surface area contributed by atoms with E-state index in [2.05, 4.69) is 25.7 Å². The van der Waals surface area contributed by atoms with Crippen LogP contribution in [0, 0.1) is 0 Å². The van der Waals surface area contributed by atoms with Crippen LogP contribution in [0.15, 0.2) is 0 Å². The van der Waals surface area contributed by atoms with Gasteiger partial charge in [0.1, 0.15) is 0 Å².